The number of carbonyl (C=O) groups is 2. The molecule has 2 rings (SSSR count). The highest BCUT2D eigenvalue weighted by atomic mass is 16.4. The average Bonchev–Trinajstić information content (AvgIpc) is 2.69. The number of aliphatic carboxylic acids is 1. The Kier molecular flexibility index (Phi) is 4.16. The summed E-state index contributed by atoms with van der Waals surface area (Å²) in [6.07, 6.45) is 5.94. The third-order valence-electron chi connectivity index (χ3n) is 4.61. The molecule has 1 aliphatic carbocycles. The Bertz CT molecular complexity index is 360. The van der Waals surface area contributed by atoms with E-state index >= 15 is 0 Å². The molecule has 1 amide bonds. The monoisotopic (exact) mass is 267 g/mol. The zero-order chi connectivity index (χ0) is 14.0. The number of amides is 1. The van der Waals surface area contributed by atoms with E-state index in [1.807, 2.05) is 4.90 Å². The highest BCUT2D eigenvalue weighted by molar-refractivity contribution is 5.84. The molecule has 4 nitrogen and oxygen atoms in total. The van der Waals surface area contributed by atoms with Gasteiger partial charge < -0.3 is 10.0 Å². The molecule has 0 bridgehead atoms. The predicted molar refractivity (Wildman–Crippen MR) is 72.7 cm³/mol. The van der Waals surface area contributed by atoms with Gasteiger partial charge in [-0.3, -0.25) is 9.59 Å². The van der Waals surface area contributed by atoms with Crippen LogP contribution in [0.25, 0.3) is 0 Å². The Morgan fingerprint density at radius 3 is 2.47 bits per heavy atom. The molecule has 2 fully saturated rings. The summed E-state index contributed by atoms with van der Waals surface area (Å²) in [7, 11) is 0. The van der Waals surface area contributed by atoms with Crippen LogP contribution >= 0.6 is 0 Å². The molecule has 1 saturated heterocycles. The van der Waals surface area contributed by atoms with E-state index < -0.39 is 5.97 Å². The average molecular weight is 267 g/mol. The van der Waals surface area contributed by atoms with Gasteiger partial charge in [-0.05, 0) is 38.0 Å². The van der Waals surface area contributed by atoms with Crippen LogP contribution in [0.2, 0.25) is 0 Å². The molecule has 1 atom stereocenters. The second kappa shape index (κ2) is 5.51. The number of nitrogens with zero attached hydrogens (tertiary/aromatic N) is 1. The number of carbonyl (C=O) groups excluding carboxylic acids is 1. The molecule has 2 aliphatic rings. The SMILES string of the molecule is CC(C)CC1(C(=O)N2CCCC2CC(=O)O)CCC1. The number of carboxylic acids is 1. The Morgan fingerprint density at radius 2 is 2.00 bits per heavy atom. The van der Waals surface area contributed by atoms with Gasteiger partial charge in [0, 0.05) is 18.0 Å². The lowest BCUT2D eigenvalue weighted by Crippen LogP contribution is -2.50. The molecule has 19 heavy (non-hydrogen) atoms. The van der Waals surface area contributed by atoms with Gasteiger partial charge in [0.05, 0.1) is 6.42 Å². The second-order valence-electron chi connectivity index (χ2n) is 6.62. The van der Waals surface area contributed by atoms with Gasteiger partial charge in [0.1, 0.15) is 0 Å². The van der Waals surface area contributed by atoms with Crippen LogP contribution in [0.5, 0.6) is 0 Å². The van der Waals surface area contributed by atoms with E-state index in [4.69, 9.17) is 5.11 Å². The lowest BCUT2D eigenvalue weighted by molar-refractivity contribution is -0.151. The highest BCUT2D eigenvalue weighted by Crippen LogP contribution is 2.48. The largest absolute Gasteiger partial charge is 0.481 e. The number of rotatable bonds is 5. The summed E-state index contributed by atoms with van der Waals surface area (Å²) in [4.78, 5) is 25.6. The normalized spacial score (nSPS) is 25.4. The van der Waals surface area contributed by atoms with Gasteiger partial charge in [-0.2, -0.15) is 0 Å². The molecule has 108 valence electrons. The Balaban J connectivity index is 2.06. The van der Waals surface area contributed by atoms with E-state index in [-0.39, 0.29) is 23.8 Å². The quantitative estimate of drug-likeness (QED) is 0.833. The maximum atomic E-state index is 12.8. The molecule has 0 aromatic heterocycles. The molecule has 1 heterocycles. The van der Waals surface area contributed by atoms with Crippen molar-refractivity contribution in [3.8, 4) is 0 Å². The fourth-order valence-corrected chi connectivity index (χ4v) is 3.71. The van der Waals surface area contributed by atoms with Gasteiger partial charge in [-0.1, -0.05) is 20.3 Å². The van der Waals surface area contributed by atoms with E-state index in [9.17, 15) is 9.59 Å². The second-order valence-corrected chi connectivity index (χ2v) is 6.62. The van der Waals surface area contributed by atoms with Crippen molar-refractivity contribution in [2.75, 3.05) is 6.54 Å². The van der Waals surface area contributed by atoms with Crippen molar-refractivity contribution in [3.63, 3.8) is 0 Å². The number of likely N-dealkylation sites (tertiary alicyclic amines) is 1. The van der Waals surface area contributed by atoms with Crippen molar-refractivity contribution in [2.24, 2.45) is 11.3 Å². The molecule has 1 aliphatic heterocycles. The van der Waals surface area contributed by atoms with E-state index in [0.29, 0.717) is 5.92 Å². The minimum absolute atomic E-state index is 0.0744. The molecular formula is C15H25NO3. The predicted octanol–water partition coefficient (Wildman–Crippen LogP) is 2.67. The lowest BCUT2D eigenvalue weighted by Gasteiger charge is -2.45. The van der Waals surface area contributed by atoms with Crippen LogP contribution in [-0.4, -0.2) is 34.5 Å². The molecule has 1 saturated carbocycles. The summed E-state index contributed by atoms with van der Waals surface area (Å²) in [5.74, 6) is -0.0443. The van der Waals surface area contributed by atoms with E-state index in [0.717, 1.165) is 45.1 Å². The zero-order valence-electron chi connectivity index (χ0n) is 12.0. The molecule has 0 aromatic rings. The number of hydrogen-bond donors (Lipinski definition) is 1. The van der Waals surface area contributed by atoms with Crippen molar-refractivity contribution in [3.05, 3.63) is 0 Å². The minimum Gasteiger partial charge on any atom is -0.481 e. The summed E-state index contributed by atoms with van der Waals surface area (Å²) in [5, 5.41) is 8.95. The van der Waals surface area contributed by atoms with Crippen molar-refractivity contribution >= 4 is 11.9 Å². The van der Waals surface area contributed by atoms with Crippen LogP contribution in [0.4, 0.5) is 0 Å². The van der Waals surface area contributed by atoms with Crippen LogP contribution in [0, 0.1) is 11.3 Å². The maximum Gasteiger partial charge on any atom is 0.305 e. The fraction of sp³-hybridized carbons (Fsp3) is 0.867. The molecule has 4 heteroatoms. The Hall–Kier alpha value is -1.06. The summed E-state index contributed by atoms with van der Waals surface area (Å²) < 4.78 is 0. The summed E-state index contributed by atoms with van der Waals surface area (Å²) in [6, 6.07) is -0.0744. The lowest BCUT2D eigenvalue weighted by atomic mass is 9.63. The Morgan fingerprint density at radius 1 is 1.32 bits per heavy atom. The number of hydrogen-bond acceptors (Lipinski definition) is 2. The van der Waals surface area contributed by atoms with Crippen molar-refractivity contribution in [1.29, 1.82) is 0 Å². The summed E-state index contributed by atoms with van der Waals surface area (Å²) in [6.45, 7) is 5.06. The first-order chi connectivity index (χ1) is 8.94. The number of carboxylic acid groups (broad SMARTS) is 1. The molecule has 0 aromatic carbocycles. The third-order valence-corrected chi connectivity index (χ3v) is 4.61. The highest BCUT2D eigenvalue weighted by Gasteiger charge is 2.48. The van der Waals surface area contributed by atoms with Gasteiger partial charge in [0.15, 0.2) is 0 Å². The van der Waals surface area contributed by atoms with Gasteiger partial charge in [-0.15, -0.1) is 0 Å². The van der Waals surface area contributed by atoms with Crippen molar-refractivity contribution in [2.45, 2.75) is 64.8 Å². The fourth-order valence-electron chi connectivity index (χ4n) is 3.71. The van der Waals surface area contributed by atoms with Crippen LogP contribution in [0.15, 0.2) is 0 Å². The third kappa shape index (κ3) is 2.93. The standard InChI is InChI=1S/C15H25NO3/c1-11(2)10-15(6-4-7-15)14(19)16-8-3-5-12(16)9-13(17)18/h11-12H,3-10H2,1-2H3,(H,17,18). The van der Waals surface area contributed by atoms with Gasteiger partial charge in [0.2, 0.25) is 5.91 Å². The molecule has 1 N–H and O–H groups in total. The van der Waals surface area contributed by atoms with Crippen LogP contribution in [-0.2, 0) is 9.59 Å². The minimum atomic E-state index is -0.795. The first-order valence-corrected chi connectivity index (χ1v) is 7.47. The van der Waals surface area contributed by atoms with Gasteiger partial charge in [-0.25, -0.2) is 0 Å². The van der Waals surface area contributed by atoms with Crippen molar-refractivity contribution < 1.29 is 14.7 Å². The molecular weight excluding hydrogens is 242 g/mol. The summed E-state index contributed by atoms with van der Waals surface area (Å²) in [5.41, 5.74) is -0.171. The smallest absolute Gasteiger partial charge is 0.305 e. The summed E-state index contributed by atoms with van der Waals surface area (Å²) >= 11 is 0. The maximum absolute atomic E-state index is 12.8. The topological polar surface area (TPSA) is 57.6 Å². The van der Waals surface area contributed by atoms with Gasteiger partial charge in [0.25, 0.3) is 0 Å². The first kappa shape index (κ1) is 14.4. The van der Waals surface area contributed by atoms with E-state index in [1.54, 1.807) is 0 Å². The molecule has 1 unspecified atom stereocenters. The van der Waals surface area contributed by atoms with Crippen LogP contribution in [0.3, 0.4) is 0 Å². The first-order valence-electron chi connectivity index (χ1n) is 7.47. The molecule has 0 radical (unpaired) electrons. The van der Waals surface area contributed by atoms with Crippen LogP contribution < -0.4 is 0 Å². The van der Waals surface area contributed by atoms with Gasteiger partial charge >= 0.3 is 5.97 Å². The van der Waals surface area contributed by atoms with Crippen molar-refractivity contribution in [1.82, 2.24) is 4.90 Å². The van der Waals surface area contributed by atoms with E-state index in [2.05, 4.69) is 13.8 Å². The molecule has 0 spiro atoms. The zero-order valence-corrected chi connectivity index (χ0v) is 12.0. The van der Waals surface area contributed by atoms with Crippen LogP contribution in [0.1, 0.15) is 58.8 Å². The van der Waals surface area contributed by atoms with E-state index in [1.165, 1.54) is 0 Å². The Labute approximate surface area is 115 Å².